The average molecular weight is 325 g/mol. The molecule has 1 heterocycles. The molecule has 0 saturated carbocycles. The van der Waals surface area contributed by atoms with Crippen molar-refractivity contribution in [1.29, 1.82) is 0 Å². The largest absolute Gasteiger partial charge is 0.342 e. The molecular weight excluding hydrogens is 316 g/mol. The first-order valence-corrected chi connectivity index (χ1v) is 3.13. The Balaban J connectivity index is 0.000001000. The van der Waals surface area contributed by atoms with Crippen LogP contribution in [0.3, 0.4) is 0 Å². The van der Waals surface area contributed by atoms with E-state index in [0.29, 0.717) is 13.0 Å². The third-order valence-corrected chi connectivity index (χ3v) is 1.32. The number of urea groups is 1. The van der Waals surface area contributed by atoms with E-state index in [0.717, 1.165) is 0 Å². The van der Waals surface area contributed by atoms with E-state index in [2.05, 4.69) is 12.2 Å². The van der Waals surface area contributed by atoms with Crippen LogP contribution < -0.4 is 5.32 Å². The van der Waals surface area contributed by atoms with Gasteiger partial charge in [-0.3, -0.25) is 9.69 Å². The minimum atomic E-state index is -0.298. The van der Waals surface area contributed by atoms with Crippen molar-refractivity contribution < 1.29 is 30.7 Å². The fourth-order valence-electron chi connectivity index (χ4n) is 0.840. The number of nitrogens with zero attached hydrogens (tertiary/aromatic N) is 1. The van der Waals surface area contributed by atoms with Crippen molar-refractivity contribution in [3.05, 3.63) is 6.92 Å². The van der Waals surface area contributed by atoms with Gasteiger partial charge in [-0.05, 0) is 0 Å². The summed E-state index contributed by atoms with van der Waals surface area (Å²) in [5, 5.41) is 2.41. The van der Waals surface area contributed by atoms with Gasteiger partial charge in [0.25, 0.3) is 0 Å². The Morgan fingerprint density at radius 2 is 2.18 bits per heavy atom. The number of hydrogen-bond donors (Lipinski definition) is 1. The van der Waals surface area contributed by atoms with E-state index in [1.807, 2.05) is 0 Å². The maximum Gasteiger partial charge on any atom is 0.324 e. The van der Waals surface area contributed by atoms with Gasteiger partial charge in [0.05, 0.1) is 6.54 Å². The van der Waals surface area contributed by atoms with Crippen molar-refractivity contribution in [1.82, 2.24) is 10.2 Å². The molecule has 1 fully saturated rings. The van der Waals surface area contributed by atoms with Crippen molar-refractivity contribution in [2.45, 2.75) is 6.42 Å². The van der Waals surface area contributed by atoms with Crippen molar-refractivity contribution in [3.63, 3.8) is 0 Å². The monoisotopic (exact) mass is 325 g/mol. The van der Waals surface area contributed by atoms with Crippen LogP contribution in [0.1, 0.15) is 6.42 Å². The predicted molar refractivity (Wildman–Crippen MR) is 35.1 cm³/mol. The molecule has 0 aliphatic carbocycles. The zero-order chi connectivity index (χ0) is 7.56. The maximum atomic E-state index is 10.8. The molecule has 0 aromatic carbocycles. The summed E-state index contributed by atoms with van der Waals surface area (Å²) < 4.78 is 0. The molecule has 11 heavy (non-hydrogen) atoms. The number of nitrogens with one attached hydrogen (secondary N) is 1. The van der Waals surface area contributed by atoms with E-state index in [1.54, 1.807) is 0 Å². The topological polar surface area (TPSA) is 49.4 Å². The molecule has 1 aliphatic heterocycles. The molecule has 1 N–H and O–H groups in total. The molecule has 0 aromatic rings. The molecule has 0 bridgehead atoms. The van der Waals surface area contributed by atoms with Crippen LogP contribution in [0.15, 0.2) is 0 Å². The van der Waals surface area contributed by atoms with E-state index in [-0.39, 0.29) is 39.5 Å². The number of rotatable bonds is 2. The minimum Gasteiger partial charge on any atom is -0.342 e. The Kier molecular flexibility index (Phi) is 4.34. The van der Waals surface area contributed by atoms with Crippen LogP contribution in [0, 0.1) is 6.92 Å². The van der Waals surface area contributed by atoms with E-state index < -0.39 is 0 Å². The van der Waals surface area contributed by atoms with Crippen LogP contribution in [0.5, 0.6) is 0 Å². The van der Waals surface area contributed by atoms with Crippen molar-refractivity contribution in [2.24, 2.45) is 0 Å². The molecule has 0 radical (unpaired) electrons. The van der Waals surface area contributed by atoms with Gasteiger partial charge in [-0.1, -0.05) is 0 Å². The summed E-state index contributed by atoms with van der Waals surface area (Å²) in [7, 11) is 0. The molecule has 1 rings (SSSR count). The predicted octanol–water partition coefficient (Wildman–Crippen LogP) is -0.240. The molecule has 0 aromatic heterocycles. The second kappa shape index (κ2) is 4.49. The van der Waals surface area contributed by atoms with Gasteiger partial charge in [0.1, 0.15) is 0 Å². The summed E-state index contributed by atoms with van der Waals surface area (Å²) in [6.07, 6.45) is 0.569. The van der Waals surface area contributed by atoms with Crippen molar-refractivity contribution >= 4 is 11.9 Å². The average Bonchev–Trinajstić information content (AvgIpc) is 2.20. The van der Waals surface area contributed by atoms with Gasteiger partial charge in [-0.25, -0.2) is 4.79 Å². The molecule has 62 valence electrons. The zero-order valence-electron chi connectivity index (χ0n) is 6.00. The summed E-state index contributed by atoms with van der Waals surface area (Å²) in [6, 6.07) is -0.298. The van der Waals surface area contributed by atoms with Crippen LogP contribution >= 0.6 is 0 Å². The van der Waals surface area contributed by atoms with Crippen LogP contribution in [0.2, 0.25) is 0 Å². The number of amides is 3. The summed E-state index contributed by atoms with van der Waals surface area (Å²) >= 11 is 0. The van der Waals surface area contributed by atoms with Gasteiger partial charge in [0.2, 0.25) is 5.91 Å². The molecule has 5 heteroatoms. The SMILES string of the molecule is [CH2-]CCN1C(=O)CNC1=O.[W]. The third kappa shape index (κ3) is 2.29. The fraction of sp³-hybridized carbons (Fsp3) is 0.500. The molecule has 1 saturated heterocycles. The molecule has 1 aliphatic rings. The molecular formula is C6H9N2O2W-. The summed E-state index contributed by atoms with van der Waals surface area (Å²) in [5.74, 6) is -0.159. The van der Waals surface area contributed by atoms with Crippen LogP contribution in [0.4, 0.5) is 4.79 Å². The fourth-order valence-corrected chi connectivity index (χ4v) is 0.840. The molecule has 4 nitrogen and oxygen atoms in total. The molecule has 0 spiro atoms. The first kappa shape index (κ1) is 10.6. The number of carbonyl (C=O) groups excluding carboxylic acids is 2. The van der Waals surface area contributed by atoms with Crippen LogP contribution in [-0.2, 0) is 25.9 Å². The minimum absolute atomic E-state index is 0. The Hall–Kier alpha value is -0.372. The second-order valence-electron chi connectivity index (χ2n) is 2.06. The molecule has 0 unspecified atom stereocenters. The summed E-state index contributed by atoms with van der Waals surface area (Å²) in [4.78, 5) is 22.7. The second-order valence-corrected chi connectivity index (χ2v) is 2.06. The van der Waals surface area contributed by atoms with Gasteiger partial charge >= 0.3 is 6.03 Å². The normalized spacial score (nSPS) is 16.3. The Morgan fingerprint density at radius 3 is 2.55 bits per heavy atom. The standard InChI is InChI=1S/C6H9N2O2.W/c1-2-3-8-5(9)4-7-6(8)10;/h1-4H2,(H,7,10);/q-1;. The molecule has 3 amide bonds. The first-order valence-electron chi connectivity index (χ1n) is 3.13. The zero-order valence-corrected chi connectivity index (χ0v) is 8.93. The Labute approximate surface area is 79.6 Å². The van der Waals surface area contributed by atoms with E-state index in [4.69, 9.17) is 0 Å². The van der Waals surface area contributed by atoms with Gasteiger partial charge < -0.3 is 12.2 Å². The number of carbonyl (C=O) groups is 2. The number of imide groups is 1. The van der Waals surface area contributed by atoms with Crippen LogP contribution in [0.25, 0.3) is 0 Å². The van der Waals surface area contributed by atoms with E-state index in [9.17, 15) is 9.59 Å². The van der Waals surface area contributed by atoms with Gasteiger partial charge in [0.15, 0.2) is 0 Å². The third-order valence-electron chi connectivity index (χ3n) is 1.32. The Bertz CT molecular complexity index is 156. The maximum absolute atomic E-state index is 10.8. The smallest absolute Gasteiger partial charge is 0.324 e. The quantitative estimate of drug-likeness (QED) is 0.563. The summed E-state index contributed by atoms with van der Waals surface area (Å²) in [5.41, 5.74) is 0. The van der Waals surface area contributed by atoms with Crippen molar-refractivity contribution in [2.75, 3.05) is 13.1 Å². The van der Waals surface area contributed by atoms with E-state index >= 15 is 0 Å². The van der Waals surface area contributed by atoms with Gasteiger partial charge in [-0.15, -0.1) is 0 Å². The van der Waals surface area contributed by atoms with E-state index in [1.165, 1.54) is 4.90 Å². The van der Waals surface area contributed by atoms with Gasteiger partial charge in [0, 0.05) is 27.6 Å². The molecule has 0 atom stereocenters. The first-order chi connectivity index (χ1) is 4.75. The summed E-state index contributed by atoms with van der Waals surface area (Å²) in [6.45, 7) is 4.10. The number of hydrogen-bond acceptors (Lipinski definition) is 2. The van der Waals surface area contributed by atoms with Crippen molar-refractivity contribution in [3.8, 4) is 0 Å². The van der Waals surface area contributed by atoms with Crippen LogP contribution in [-0.4, -0.2) is 29.9 Å². The van der Waals surface area contributed by atoms with Gasteiger partial charge in [-0.2, -0.15) is 6.42 Å². The Morgan fingerprint density at radius 1 is 1.55 bits per heavy atom.